The molecule has 2 N–H and O–H groups in total. The monoisotopic (exact) mass is 429 g/mol. The molecule has 156 valence electrons. The predicted molar refractivity (Wildman–Crippen MR) is 101 cm³/mol. The highest BCUT2D eigenvalue weighted by molar-refractivity contribution is 7.90. The number of nitrogens with zero attached hydrogens (tertiary/aromatic N) is 2. The number of alkyl halides is 2. The zero-order chi connectivity index (χ0) is 21.8. The molecule has 0 aliphatic carbocycles. The minimum Gasteiger partial charge on any atom is -0.369 e. The van der Waals surface area contributed by atoms with E-state index >= 15 is 0 Å². The molecule has 0 spiro atoms. The van der Waals surface area contributed by atoms with Crippen molar-refractivity contribution in [1.82, 2.24) is 4.31 Å². The van der Waals surface area contributed by atoms with Gasteiger partial charge >= 0.3 is 0 Å². The largest absolute Gasteiger partial charge is 0.369 e. The Morgan fingerprint density at radius 3 is 2.24 bits per heavy atom. The van der Waals surface area contributed by atoms with Crippen LogP contribution in [0.25, 0.3) is 0 Å². The molecule has 0 saturated carbocycles. The summed E-state index contributed by atoms with van der Waals surface area (Å²) in [7, 11) is -3.02. The lowest BCUT2D eigenvalue weighted by molar-refractivity contribution is 0.0174. The number of rotatable bonds is 3. The van der Waals surface area contributed by atoms with Gasteiger partial charge in [0.2, 0.25) is 16.0 Å². The molecule has 2 atom stereocenters. The van der Waals surface area contributed by atoms with Crippen molar-refractivity contribution in [3.05, 3.63) is 70.8 Å². The van der Waals surface area contributed by atoms with Gasteiger partial charge < -0.3 is 5.73 Å². The Balaban J connectivity index is 2.27. The van der Waals surface area contributed by atoms with Gasteiger partial charge in [-0.3, -0.25) is 0 Å². The Bertz CT molecular complexity index is 1080. The van der Waals surface area contributed by atoms with E-state index in [1.165, 1.54) is 26.1 Å². The van der Waals surface area contributed by atoms with Crippen molar-refractivity contribution in [2.45, 2.75) is 30.6 Å². The van der Waals surface area contributed by atoms with Crippen LogP contribution in [0.15, 0.2) is 47.5 Å². The van der Waals surface area contributed by atoms with Crippen molar-refractivity contribution in [3.8, 4) is 0 Å². The van der Waals surface area contributed by atoms with Crippen molar-refractivity contribution in [2.24, 2.45) is 10.7 Å². The molecule has 0 unspecified atom stereocenters. The molecule has 5 nitrogen and oxygen atoms in total. The third-order valence-corrected chi connectivity index (χ3v) is 7.33. The van der Waals surface area contributed by atoms with Crippen molar-refractivity contribution in [1.29, 1.82) is 0 Å². The molecule has 2 aromatic carbocycles. The number of halogens is 4. The van der Waals surface area contributed by atoms with E-state index in [0.717, 1.165) is 35.5 Å². The number of nitrogens with two attached hydrogens (primary N) is 1. The van der Waals surface area contributed by atoms with Gasteiger partial charge in [0.1, 0.15) is 22.4 Å². The Morgan fingerprint density at radius 2 is 1.72 bits per heavy atom. The van der Waals surface area contributed by atoms with Gasteiger partial charge in [0.25, 0.3) is 5.92 Å². The van der Waals surface area contributed by atoms with Crippen molar-refractivity contribution in [3.63, 3.8) is 0 Å². The first-order valence-corrected chi connectivity index (χ1v) is 10.1. The van der Waals surface area contributed by atoms with E-state index in [2.05, 4.69) is 4.99 Å². The summed E-state index contributed by atoms with van der Waals surface area (Å²) in [5.41, 5.74) is 3.64. The van der Waals surface area contributed by atoms with E-state index in [9.17, 15) is 26.0 Å². The van der Waals surface area contributed by atoms with Crippen LogP contribution in [-0.2, 0) is 21.5 Å². The quantitative estimate of drug-likeness (QED) is 0.758. The smallest absolute Gasteiger partial charge is 0.270 e. The van der Waals surface area contributed by atoms with Gasteiger partial charge in [-0.25, -0.2) is 35.3 Å². The SMILES string of the molecule is CN1C(N)=N[C@](C)(c2ccc(F)cc2F)[C@@H](c2ccc(C(C)(F)F)cc2)S1(=O)=O. The summed E-state index contributed by atoms with van der Waals surface area (Å²) >= 11 is 0. The number of aliphatic imine (C=N–C) groups is 1. The highest BCUT2D eigenvalue weighted by Crippen LogP contribution is 2.48. The van der Waals surface area contributed by atoms with Crippen LogP contribution in [0.4, 0.5) is 17.6 Å². The Kier molecular flexibility index (Phi) is 4.89. The van der Waals surface area contributed by atoms with E-state index in [0.29, 0.717) is 6.07 Å². The van der Waals surface area contributed by atoms with E-state index in [1.54, 1.807) is 0 Å². The number of sulfonamides is 1. The number of benzene rings is 2. The third-order valence-electron chi connectivity index (χ3n) is 5.06. The molecule has 2 aromatic rings. The van der Waals surface area contributed by atoms with Crippen molar-refractivity contribution < 1.29 is 26.0 Å². The highest BCUT2D eigenvalue weighted by Gasteiger charge is 2.52. The van der Waals surface area contributed by atoms with Crippen LogP contribution in [0.5, 0.6) is 0 Å². The number of hydrogen-bond acceptors (Lipinski definition) is 4. The zero-order valence-electron chi connectivity index (χ0n) is 15.8. The molecule has 0 bridgehead atoms. The molecule has 0 fully saturated rings. The first kappa shape index (κ1) is 21.1. The number of guanidine groups is 1. The van der Waals surface area contributed by atoms with Crippen LogP contribution in [0, 0.1) is 11.6 Å². The normalized spacial score (nSPS) is 24.3. The first-order chi connectivity index (χ1) is 13.3. The summed E-state index contributed by atoms with van der Waals surface area (Å²) in [5.74, 6) is -5.32. The molecular formula is C19H19F4N3O2S. The Morgan fingerprint density at radius 1 is 1.14 bits per heavy atom. The second-order valence-electron chi connectivity index (χ2n) is 7.14. The minimum atomic E-state index is -4.21. The Hall–Kier alpha value is -2.62. The molecular weight excluding hydrogens is 410 g/mol. The second-order valence-corrected chi connectivity index (χ2v) is 9.19. The van der Waals surface area contributed by atoms with Gasteiger partial charge in [0.15, 0.2) is 0 Å². The summed E-state index contributed by atoms with van der Waals surface area (Å²) in [6.07, 6.45) is 0. The lowest BCUT2D eigenvalue weighted by Gasteiger charge is -2.41. The maximum atomic E-state index is 14.6. The van der Waals surface area contributed by atoms with Gasteiger partial charge in [-0.2, -0.15) is 0 Å². The fraction of sp³-hybridized carbons (Fsp3) is 0.316. The minimum absolute atomic E-state index is 0.118. The zero-order valence-corrected chi connectivity index (χ0v) is 16.6. The summed E-state index contributed by atoms with van der Waals surface area (Å²) < 4.78 is 82.3. The molecule has 0 aromatic heterocycles. The lowest BCUT2D eigenvalue weighted by atomic mass is 9.84. The maximum Gasteiger partial charge on any atom is 0.270 e. The number of hydrogen-bond donors (Lipinski definition) is 1. The van der Waals surface area contributed by atoms with Crippen molar-refractivity contribution >= 4 is 16.0 Å². The molecule has 0 radical (unpaired) electrons. The molecule has 1 heterocycles. The van der Waals surface area contributed by atoms with Crippen molar-refractivity contribution in [2.75, 3.05) is 7.05 Å². The molecule has 0 saturated heterocycles. The highest BCUT2D eigenvalue weighted by atomic mass is 32.2. The molecule has 0 amide bonds. The molecule has 3 rings (SSSR count). The van der Waals surface area contributed by atoms with Gasteiger partial charge in [-0.15, -0.1) is 0 Å². The van der Waals surface area contributed by atoms with Crippen LogP contribution < -0.4 is 5.73 Å². The summed E-state index contributed by atoms with van der Waals surface area (Å²) in [6, 6.07) is 7.39. The fourth-order valence-corrected chi connectivity index (χ4v) is 5.37. The summed E-state index contributed by atoms with van der Waals surface area (Å²) in [4.78, 5) is 4.21. The summed E-state index contributed by atoms with van der Waals surface area (Å²) in [5, 5.41) is -1.48. The van der Waals surface area contributed by atoms with Crippen LogP contribution in [0.3, 0.4) is 0 Å². The molecule has 29 heavy (non-hydrogen) atoms. The topological polar surface area (TPSA) is 75.8 Å². The predicted octanol–water partition coefficient (Wildman–Crippen LogP) is 3.62. The second kappa shape index (κ2) is 6.72. The van der Waals surface area contributed by atoms with Gasteiger partial charge in [0, 0.05) is 31.2 Å². The van der Waals surface area contributed by atoms with E-state index in [4.69, 9.17) is 5.73 Å². The van der Waals surface area contributed by atoms with E-state index in [-0.39, 0.29) is 22.6 Å². The van der Waals surface area contributed by atoms with E-state index in [1.807, 2.05) is 0 Å². The average Bonchev–Trinajstić information content (AvgIpc) is 2.59. The maximum absolute atomic E-state index is 14.6. The molecule has 10 heteroatoms. The Labute approximate surface area is 165 Å². The van der Waals surface area contributed by atoms with E-state index < -0.39 is 38.4 Å². The average molecular weight is 429 g/mol. The molecule has 1 aliphatic heterocycles. The fourth-order valence-electron chi connectivity index (χ4n) is 3.49. The molecule has 1 aliphatic rings. The standard InChI is InChI=1S/C19H19F4N3O2S/c1-18(14-9-8-13(20)10-15(14)21)16(29(27,28)26(3)17(24)25-18)11-4-6-12(7-5-11)19(2,22)23/h4-10,16H,1-3H3,(H2,24,25)/t16-,18-/m1/s1. The van der Waals surface area contributed by atoms with Crippen LogP contribution in [-0.4, -0.2) is 25.7 Å². The van der Waals surface area contributed by atoms with Gasteiger partial charge in [-0.05, 0) is 18.6 Å². The van der Waals surface area contributed by atoms with Gasteiger partial charge in [0.05, 0.1) is 0 Å². The summed E-state index contributed by atoms with van der Waals surface area (Å²) in [6.45, 7) is 2.07. The van der Waals surface area contributed by atoms with Crippen LogP contribution in [0.2, 0.25) is 0 Å². The lowest BCUT2D eigenvalue weighted by Crippen LogP contribution is -2.52. The van der Waals surface area contributed by atoms with Crippen LogP contribution in [0.1, 0.15) is 35.8 Å². The third kappa shape index (κ3) is 3.45. The first-order valence-electron chi connectivity index (χ1n) is 8.55. The van der Waals surface area contributed by atoms with Gasteiger partial charge in [-0.1, -0.05) is 30.3 Å². The van der Waals surface area contributed by atoms with Crippen LogP contribution >= 0.6 is 0 Å².